The number of aromatic nitrogens is 2. The molecule has 3 atom stereocenters. The number of alkyl halides is 3. The van der Waals surface area contributed by atoms with Crippen LogP contribution in [0.3, 0.4) is 0 Å². The van der Waals surface area contributed by atoms with E-state index >= 15 is 0 Å². The molecular weight excluding hydrogens is 501 g/mol. The van der Waals surface area contributed by atoms with Gasteiger partial charge < -0.3 is 9.47 Å². The summed E-state index contributed by atoms with van der Waals surface area (Å²) in [6.45, 7) is 3.83. The molecule has 2 N–H and O–H groups in total. The molecule has 1 aliphatic carbocycles. The first kappa shape index (κ1) is 26.3. The normalized spacial score (nSPS) is 29.0. The van der Waals surface area contributed by atoms with Crippen molar-refractivity contribution in [3.63, 3.8) is 0 Å². The van der Waals surface area contributed by atoms with E-state index in [0.29, 0.717) is 44.3 Å². The minimum absolute atomic E-state index is 0.0148. The Hall–Kier alpha value is -1.96. The third-order valence-corrected chi connectivity index (χ3v) is 9.23. The van der Waals surface area contributed by atoms with Gasteiger partial charge in [-0.25, -0.2) is 15.6 Å². The van der Waals surface area contributed by atoms with Crippen molar-refractivity contribution >= 4 is 5.52 Å². The lowest BCUT2D eigenvalue weighted by Crippen LogP contribution is -2.54. The maximum atomic E-state index is 14.1. The van der Waals surface area contributed by atoms with Crippen molar-refractivity contribution in [2.45, 2.75) is 63.1 Å². The van der Waals surface area contributed by atoms with Crippen molar-refractivity contribution in [3.8, 4) is 0 Å². The van der Waals surface area contributed by atoms with Gasteiger partial charge in [-0.1, -0.05) is 6.42 Å². The van der Waals surface area contributed by atoms with Crippen LogP contribution in [-0.4, -0.2) is 78.2 Å². The van der Waals surface area contributed by atoms with Crippen molar-refractivity contribution in [1.82, 2.24) is 29.6 Å². The zero-order valence-corrected chi connectivity index (χ0v) is 22.0. The van der Waals surface area contributed by atoms with Crippen LogP contribution >= 0.6 is 0 Å². The Labute approximate surface area is 219 Å². The number of nitrogens with one attached hydrogen (secondary N) is 2. The predicted molar refractivity (Wildman–Crippen MR) is 134 cm³/mol. The molecule has 0 bridgehead atoms. The summed E-state index contributed by atoms with van der Waals surface area (Å²) in [6, 6.07) is 1.07. The number of pyridine rings is 1. The lowest BCUT2D eigenvalue weighted by molar-refractivity contribution is -0.167. The standard InChI is InChI=1S/C26H37F3N6O3/c1-32-16-30-31-23(32)8-25(14-38-15-25)18-4-3-5-19(7-18)34-13-22-21(26(27,28)29)6-17(10-35(22)24(34)36)9-33-11-20(12-33)37-2/h6,10,13,18-20,23,30-31H,3-5,7-9,11-12,14-16H2,1-2H3. The molecule has 6 rings (SSSR count). The maximum Gasteiger partial charge on any atom is 0.418 e. The van der Waals surface area contributed by atoms with E-state index in [1.165, 1.54) is 16.7 Å². The molecule has 2 aromatic rings. The Balaban J connectivity index is 1.27. The maximum absolute atomic E-state index is 14.1. The van der Waals surface area contributed by atoms with Crippen molar-refractivity contribution in [2.24, 2.45) is 11.3 Å². The number of hydrogen-bond donors (Lipinski definition) is 2. The van der Waals surface area contributed by atoms with Gasteiger partial charge in [0.1, 0.15) is 0 Å². The zero-order valence-electron chi connectivity index (χ0n) is 22.0. The number of fused-ring (bicyclic) bond motifs is 1. The number of imidazole rings is 1. The van der Waals surface area contributed by atoms with E-state index in [1.807, 2.05) is 4.90 Å². The van der Waals surface area contributed by atoms with E-state index in [4.69, 9.17) is 9.47 Å². The molecule has 0 spiro atoms. The number of nitrogens with zero attached hydrogens (tertiary/aromatic N) is 4. The second-order valence-electron chi connectivity index (χ2n) is 11.7. The Morgan fingerprint density at radius 3 is 2.63 bits per heavy atom. The summed E-state index contributed by atoms with van der Waals surface area (Å²) in [5.74, 6) is 0.346. The van der Waals surface area contributed by atoms with Gasteiger partial charge in [-0.05, 0) is 50.3 Å². The van der Waals surface area contributed by atoms with E-state index in [9.17, 15) is 18.0 Å². The summed E-state index contributed by atoms with van der Waals surface area (Å²) in [5, 5.41) is 0. The van der Waals surface area contributed by atoms with Crippen molar-refractivity contribution in [3.05, 3.63) is 40.1 Å². The Morgan fingerprint density at radius 2 is 2.00 bits per heavy atom. The van der Waals surface area contributed by atoms with E-state index < -0.39 is 17.4 Å². The van der Waals surface area contributed by atoms with E-state index in [0.717, 1.165) is 38.8 Å². The summed E-state index contributed by atoms with van der Waals surface area (Å²) in [7, 11) is 3.71. The van der Waals surface area contributed by atoms with Crippen LogP contribution in [0.25, 0.3) is 5.52 Å². The smallest absolute Gasteiger partial charge is 0.380 e. The number of rotatable bonds is 7. The molecule has 0 radical (unpaired) electrons. The zero-order chi connectivity index (χ0) is 26.7. The van der Waals surface area contributed by atoms with Gasteiger partial charge in [0.25, 0.3) is 0 Å². The predicted octanol–water partition coefficient (Wildman–Crippen LogP) is 2.41. The molecule has 38 heavy (non-hydrogen) atoms. The fourth-order valence-corrected chi connectivity index (χ4v) is 6.85. The first-order valence-corrected chi connectivity index (χ1v) is 13.5. The second-order valence-corrected chi connectivity index (χ2v) is 11.7. The first-order chi connectivity index (χ1) is 18.2. The number of halogens is 3. The highest BCUT2D eigenvalue weighted by Crippen LogP contribution is 2.49. The largest absolute Gasteiger partial charge is 0.418 e. The summed E-state index contributed by atoms with van der Waals surface area (Å²) in [4.78, 5) is 17.8. The van der Waals surface area contributed by atoms with E-state index in [-0.39, 0.29) is 29.2 Å². The second kappa shape index (κ2) is 9.90. The molecule has 3 saturated heterocycles. The molecule has 0 aromatic carbocycles. The van der Waals surface area contributed by atoms with Crippen LogP contribution in [0.5, 0.6) is 0 Å². The molecule has 1 saturated carbocycles. The summed E-state index contributed by atoms with van der Waals surface area (Å²) < 4.78 is 56.2. The van der Waals surface area contributed by atoms with Crippen LogP contribution in [0, 0.1) is 11.3 Å². The molecule has 3 unspecified atom stereocenters. The first-order valence-electron chi connectivity index (χ1n) is 13.5. The lowest BCUT2D eigenvalue weighted by Gasteiger charge is -2.51. The summed E-state index contributed by atoms with van der Waals surface area (Å²) in [6.07, 6.45) is 3.25. The topological polar surface area (TPSA) is 75.4 Å². The Morgan fingerprint density at radius 1 is 1.21 bits per heavy atom. The average Bonchev–Trinajstić information content (AvgIpc) is 3.39. The van der Waals surface area contributed by atoms with Gasteiger partial charge in [0, 0.05) is 50.6 Å². The van der Waals surface area contributed by atoms with Crippen molar-refractivity contribution < 1.29 is 22.6 Å². The highest BCUT2D eigenvalue weighted by molar-refractivity contribution is 5.56. The molecule has 3 aliphatic heterocycles. The molecule has 9 nitrogen and oxygen atoms in total. The molecule has 210 valence electrons. The highest BCUT2D eigenvalue weighted by Gasteiger charge is 2.49. The van der Waals surface area contributed by atoms with Crippen molar-refractivity contribution in [1.29, 1.82) is 0 Å². The van der Waals surface area contributed by atoms with Gasteiger partial charge in [-0.2, -0.15) is 13.2 Å². The van der Waals surface area contributed by atoms with Crippen LogP contribution < -0.4 is 16.5 Å². The van der Waals surface area contributed by atoms with Crippen LogP contribution in [0.1, 0.15) is 49.3 Å². The van der Waals surface area contributed by atoms with Gasteiger partial charge in [0.15, 0.2) is 0 Å². The summed E-state index contributed by atoms with van der Waals surface area (Å²) in [5.41, 5.74) is 5.80. The molecule has 4 fully saturated rings. The molecular formula is C26H37F3N6O3. The van der Waals surface area contributed by atoms with Crippen LogP contribution in [0.2, 0.25) is 0 Å². The highest BCUT2D eigenvalue weighted by atomic mass is 19.4. The fourth-order valence-electron chi connectivity index (χ4n) is 6.85. The monoisotopic (exact) mass is 538 g/mol. The number of likely N-dealkylation sites (tertiary alicyclic amines) is 1. The molecule has 2 aromatic heterocycles. The van der Waals surface area contributed by atoms with Crippen LogP contribution in [0.15, 0.2) is 23.3 Å². The lowest BCUT2D eigenvalue weighted by atomic mass is 9.64. The Bertz CT molecular complexity index is 1220. The molecule has 0 amide bonds. The van der Waals surface area contributed by atoms with Gasteiger partial charge in [-0.3, -0.25) is 18.8 Å². The molecule has 12 heteroatoms. The third kappa shape index (κ3) is 4.69. The SMILES string of the molecule is COC1CN(Cc2cc(C(F)(F)F)c3cn(C4CCCC(C5(CC6NNCN6C)COC5)C4)c(=O)n3c2)C1. The fraction of sp³-hybridized carbons (Fsp3) is 0.731. The number of ether oxygens (including phenoxy) is 2. The van der Waals surface area contributed by atoms with Gasteiger partial charge >= 0.3 is 11.9 Å². The quantitative estimate of drug-likeness (QED) is 0.561. The third-order valence-electron chi connectivity index (χ3n) is 9.23. The molecule has 4 aliphatic rings. The average molecular weight is 539 g/mol. The van der Waals surface area contributed by atoms with E-state index in [2.05, 4.69) is 22.8 Å². The minimum atomic E-state index is -4.55. The Kier molecular flexibility index (Phi) is 6.84. The van der Waals surface area contributed by atoms with Gasteiger partial charge in [0.2, 0.25) is 0 Å². The van der Waals surface area contributed by atoms with Gasteiger partial charge in [-0.15, -0.1) is 0 Å². The summed E-state index contributed by atoms with van der Waals surface area (Å²) >= 11 is 0. The van der Waals surface area contributed by atoms with Crippen LogP contribution in [0.4, 0.5) is 13.2 Å². The minimum Gasteiger partial charge on any atom is -0.380 e. The van der Waals surface area contributed by atoms with Gasteiger partial charge in [0.05, 0.1) is 43.2 Å². The number of methoxy groups -OCH3 is 1. The van der Waals surface area contributed by atoms with E-state index in [1.54, 1.807) is 17.9 Å². The van der Waals surface area contributed by atoms with Crippen LogP contribution in [-0.2, 0) is 22.2 Å². The number of hydrogen-bond acceptors (Lipinski definition) is 7. The molecule has 5 heterocycles. The van der Waals surface area contributed by atoms with Crippen molar-refractivity contribution in [2.75, 3.05) is 47.1 Å². The number of hydrazine groups is 1.